The van der Waals surface area contributed by atoms with Gasteiger partial charge >= 0.3 is 7.60 Å². The van der Waals surface area contributed by atoms with Gasteiger partial charge in [-0.3, -0.25) is 18.9 Å². The third-order valence-electron chi connectivity index (χ3n) is 9.37. The number of anilines is 1. The van der Waals surface area contributed by atoms with E-state index in [9.17, 15) is 28.7 Å². The van der Waals surface area contributed by atoms with Crippen molar-refractivity contribution in [1.29, 1.82) is 0 Å². The molecule has 46 heavy (non-hydrogen) atoms. The van der Waals surface area contributed by atoms with E-state index in [-0.39, 0.29) is 35.7 Å². The van der Waals surface area contributed by atoms with Gasteiger partial charge in [-0.05, 0) is 64.2 Å². The van der Waals surface area contributed by atoms with Crippen LogP contribution in [0.2, 0.25) is 0 Å². The zero-order valence-corrected chi connectivity index (χ0v) is 25.8. The lowest BCUT2D eigenvalue weighted by atomic mass is 9.85. The average Bonchev–Trinajstić information content (AvgIpc) is 3.38. The molecule has 9 nitrogen and oxygen atoms in total. The summed E-state index contributed by atoms with van der Waals surface area (Å²) in [6, 6.07) is 32.3. The molecule has 2 aliphatic heterocycles. The van der Waals surface area contributed by atoms with Crippen LogP contribution in [0.1, 0.15) is 44.8 Å². The molecular weight excluding hydrogens is 601 g/mol. The highest BCUT2D eigenvalue weighted by molar-refractivity contribution is 7.53. The van der Waals surface area contributed by atoms with Gasteiger partial charge in [-0.15, -0.1) is 0 Å². The van der Waals surface area contributed by atoms with Crippen LogP contribution in [0, 0.1) is 0 Å². The topological polar surface area (TPSA) is 127 Å². The van der Waals surface area contributed by atoms with Crippen LogP contribution in [0.5, 0.6) is 0 Å². The number of piperidine rings is 1. The van der Waals surface area contributed by atoms with Crippen LogP contribution in [-0.4, -0.2) is 57.6 Å². The predicted octanol–water partition coefficient (Wildman–Crippen LogP) is 5.66. The first-order chi connectivity index (χ1) is 22.2. The molecule has 1 spiro atoms. The number of rotatable bonds is 6. The minimum atomic E-state index is -5.05. The Kier molecular flexibility index (Phi) is 7.48. The Balaban J connectivity index is 1.27. The first-order valence-corrected chi connectivity index (χ1v) is 16.9. The summed E-state index contributed by atoms with van der Waals surface area (Å²) in [5, 5.41) is 5.65. The van der Waals surface area contributed by atoms with Crippen LogP contribution in [-0.2, 0) is 9.36 Å². The molecule has 0 aromatic heterocycles. The minimum absolute atomic E-state index is 0.0465. The molecule has 0 saturated carbocycles. The number of likely N-dealkylation sites (tertiary alicyclic amines) is 1. The van der Waals surface area contributed by atoms with Gasteiger partial charge in [0.15, 0.2) is 5.78 Å². The van der Waals surface area contributed by atoms with Gasteiger partial charge in [0.1, 0.15) is 11.2 Å². The molecule has 0 radical (unpaired) electrons. The molecule has 2 amide bonds. The summed E-state index contributed by atoms with van der Waals surface area (Å²) in [7, 11) is -5.05. The van der Waals surface area contributed by atoms with E-state index < -0.39 is 30.5 Å². The number of nitrogens with one attached hydrogen (secondary N) is 1. The summed E-state index contributed by atoms with van der Waals surface area (Å²) >= 11 is 0. The lowest BCUT2D eigenvalue weighted by molar-refractivity contribution is -0.124. The number of amides is 2. The van der Waals surface area contributed by atoms with Crippen molar-refractivity contribution in [2.24, 2.45) is 0 Å². The van der Waals surface area contributed by atoms with Gasteiger partial charge in [0.2, 0.25) is 5.91 Å². The molecule has 1 atom stereocenters. The maximum Gasteiger partial charge on any atom is 0.340 e. The van der Waals surface area contributed by atoms with Crippen molar-refractivity contribution in [2.45, 2.75) is 24.0 Å². The maximum absolute atomic E-state index is 14.4. The van der Waals surface area contributed by atoms with Crippen molar-refractivity contribution in [2.75, 3.05) is 24.7 Å². The van der Waals surface area contributed by atoms with Crippen LogP contribution < -0.4 is 10.2 Å². The van der Waals surface area contributed by atoms with Crippen molar-refractivity contribution in [1.82, 2.24) is 10.2 Å². The zero-order chi connectivity index (χ0) is 32.1. The van der Waals surface area contributed by atoms with E-state index >= 15 is 0 Å². The summed E-state index contributed by atoms with van der Waals surface area (Å²) in [6.45, 7) is 0.903. The summed E-state index contributed by atoms with van der Waals surface area (Å²) < 4.78 is 13.1. The Morgan fingerprint density at radius 2 is 1.35 bits per heavy atom. The Hall–Kier alpha value is -4.82. The molecule has 5 aromatic rings. The molecule has 2 heterocycles. The second kappa shape index (κ2) is 11.5. The zero-order valence-electron chi connectivity index (χ0n) is 24.9. The number of para-hydroxylation sites is 1. The van der Waals surface area contributed by atoms with E-state index in [0.717, 1.165) is 16.5 Å². The van der Waals surface area contributed by atoms with Gasteiger partial charge in [0, 0.05) is 24.3 Å². The quantitative estimate of drug-likeness (QED) is 0.163. The highest BCUT2D eigenvalue weighted by atomic mass is 31.2. The number of ketones is 1. The monoisotopic (exact) mass is 633 g/mol. The summed E-state index contributed by atoms with van der Waals surface area (Å²) in [6.07, 6.45) is 0.773. The Bertz CT molecular complexity index is 2050. The van der Waals surface area contributed by atoms with Gasteiger partial charge in [0.05, 0.1) is 12.2 Å². The fourth-order valence-electron chi connectivity index (χ4n) is 7.02. The minimum Gasteiger partial charge on any atom is -0.339 e. The number of carbonyl (C=O) groups excluding carboxylic acids is 3. The molecule has 5 aromatic carbocycles. The third kappa shape index (κ3) is 5.07. The average molecular weight is 634 g/mol. The molecule has 232 valence electrons. The number of benzene rings is 5. The normalized spacial score (nSPS) is 17.0. The van der Waals surface area contributed by atoms with E-state index in [1.54, 1.807) is 53.4 Å². The molecule has 0 aliphatic carbocycles. The third-order valence-corrected chi connectivity index (χ3v) is 10.6. The van der Waals surface area contributed by atoms with Gasteiger partial charge in [0.25, 0.3) is 5.91 Å². The van der Waals surface area contributed by atoms with Gasteiger partial charge in [-0.25, -0.2) is 0 Å². The van der Waals surface area contributed by atoms with Gasteiger partial charge < -0.3 is 24.9 Å². The van der Waals surface area contributed by atoms with Crippen LogP contribution in [0.3, 0.4) is 0 Å². The second-order valence-electron chi connectivity index (χ2n) is 11.9. The lowest BCUT2D eigenvalue weighted by Gasteiger charge is -2.43. The number of hydrogen-bond acceptors (Lipinski definition) is 5. The van der Waals surface area contributed by atoms with E-state index in [1.165, 1.54) is 0 Å². The SMILES string of the molecule is O=C(c1cc2ccccc2cc1C(=O)N1CCC2(CC1)C(=O)NCN2c1ccccc1)C(c1cccc2ccccc12)P(=O)(O)O. The number of Topliss-reactive ketones (excluding diaryl/α,β-unsaturated/α-hetero) is 1. The van der Waals surface area contributed by atoms with Crippen LogP contribution >= 0.6 is 7.60 Å². The Morgan fingerprint density at radius 3 is 2.02 bits per heavy atom. The van der Waals surface area contributed by atoms with Crippen LogP contribution in [0.25, 0.3) is 21.5 Å². The van der Waals surface area contributed by atoms with Crippen molar-refractivity contribution in [3.05, 3.63) is 126 Å². The number of hydrogen-bond donors (Lipinski definition) is 3. The van der Waals surface area contributed by atoms with Crippen LogP contribution in [0.15, 0.2) is 109 Å². The summed E-state index contributed by atoms with van der Waals surface area (Å²) in [4.78, 5) is 66.8. The highest BCUT2D eigenvalue weighted by Gasteiger charge is 2.51. The first-order valence-electron chi connectivity index (χ1n) is 15.2. The fourth-order valence-corrected chi connectivity index (χ4v) is 8.05. The molecule has 2 aliphatic rings. The predicted molar refractivity (Wildman–Crippen MR) is 177 cm³/mol. The molecule has 3 N–H and O–H groups in total. The van der Waals surface area contributed by atoms with E-state index in [2.05, 4.69) is 10.2 Å². The smallest absolute Gasteiger partial charge is 0.339 e. The summed E-state index contributed by atoms with van der Waals surface area (Å²) in [5.74, 6) is -1.32. The molecule has 1 unspecified atom stereocenters. The molecule has 2 saturated heterocycles. The van der Waals surface area contributed by atoms with Gasteiger partial charge in [-0.1, -0.05) is 84.9 Å². The van der Waals surface area contributed by atoms with Crippen LogP contribution in [0.4, 0.5) is 5.69 Å². The maximum atomic E-state index is 14.4. The lowest BCUT2D eigenvalue weighted by Crippen LogP contribution is -2.57. The second-order valence-corrected chi connectivity index (χ2v) is 13.6. The highest BCUT2D eigenvalue weighted by Crippen LogP contribution is 2.55. The van der Waals surface area contributed by atoms with E-state index in [0.29, 0.717) is 30.3 Å². The van der Waals surface area contributed by atoms with Crippen molar-refractivity contribution >= 4 is 52.4 Å². The van der Waals surface area contributed by atoms with Crippen molar-refractivity contribution in [3.8, 4) is 0 Å². The van der Waals surface area contributed by atoms with Crippen molar-refractivity contribution < 1.29 is 28.7 Å². The van der Waals surface area contributed by atoms with E-state index in [4.69, 9.17) is 0 Å². The molecule has 2 fully saturated rings. The number of fused-ring (bicyclic) bond motifs is 2. The van der Waals surface area contributed by atoms with Crippen molar-refractivity contribution in [3.63, 3.8) is 0 Å². The Labute approximate surface area is 265 Å². The summed E-state index contributed by atoms with van der Waals surface area (Å²) in [5.41, 5.74) is -1.46. The van der Waals surface area contributed by atoms with Gasteiger partial charge in [-0.2, -0.15) is 0 Å². The first kappa shape index (κ1) is 29.9. The largest absolute Gasteiger partial charge is 0.340 e. The standard InChI is InChI=1S/C36H32N3O6P/c40-32(33(46(43,44)45)29-16-8-12-24-9-6-7-15-28(24)29)30-21-25-10-4-5-11-26(25)22-31(30)34(41)38-19-17-36(18-20-38)35(42)37-23-39(36)27-13-2-1-3-14-27/h1-16,21-22,33H,17-20,23H2,(H,37,42)(H2,43,44,45). The fraction of sp³-hybridized carbons (Fsp3) is 0.194. The molecular formula is C36H32N3O6P. The number of nitrogens with zero attached hydrogens (tertiary/aromatic N) is 2. The van der Waals surface area contributed by atoms with E-state index in [1.807, 2.05) is 60.7 Å². The molecule has 0 bridgehead atoms. The molecule has 10 heteroatoms. The number of carbonyl (C=O) groups is 3. The Morgan fingerprint density at radius 1 is 0.761 bits per heavy atom. The molecule has 7 rings (SSSR count).